The molecule has 2 rings (SSSR count). The standard InChI is InChI=1S/C13H18FN5S/c1-8(3-4-10-5-6-20-7-10)16-13-18-11(9(2)14)17-12(15)19-13/h5-9H,3-4H2,1-2H3,(H3,15,16,17,18,19). The van der Waals surface area contributed by atoms with Crippen molar-refractivity contribution < 1.29 is 4.39 Å². The number of thiophene rings is 1. The highest BCUT2D eigenvalue weighted by Gasteiger charge is 2.12. The van der Waals surface area contributed by atoms with Gasteiger partial charge in [0.1, 0.15) is 0 Å². The minimum atomic E-state index is -1.26. The Bertz CT molecular complexity index is 544. The van der Waals surface area contributed by atoms with Crippen molar-refractivity contribution in [2.75, 3.05) is 11.1 Å². The highest BCUT2D eigenvalue weighted by Crippen LogP contribution is 2.15. The number of hydrogen-bond acceptors (Lipinski definition) is 6. The largest absolute Gasteiger partial charge is 0.368 e. The van der Waals surface area contributed by atoms with Gasteiger partial charge in [-0.25, -0.2) is 4.39 Å². The third kappa shape index (κ3) is 4.12. The van der Waals surface area contributed by atoms with Crippen LogP contribution in [0.5, 0.6) is 0 Å². The lowest BCUT2D eigenvalue weighted by Gasteiger charge is -2.14. The summed E-state index contributed by atoms with van der Waals surface area (Å²) in [5.74, 6) is 0.423. The van der Waals surface area contributed by atoms with Crippen LogP contribution in [0.15, 0.2) is 16.8 Å². The molecule has 0 aliphatic heterocycles. The average molecular weight is 295 g/mol. The molecular formula is C13H18FN5S. The van der Waals surface area contributed by atoms with E-state index in [1.54, 1.807) is 11.3 Å². The molecule has 0 amide bonds. The number of rotatable bonds is 6. The van der Waals surface area contributed by atoms with E-state index in [-0.39, 0.29) is 17.8 Å². The predicted octanol–water partition coefficient (Wildman–Crippen LogP) is 2.98. The second kappa shape index (κ2) is 6.60. The first-order valence-corrected chi connectivity index (χ1v) is 7.42. The molecule has 2 unspecified atom stereocenters. The summed E-state index contributed by atoms with van der Waals surface area (Å²) in [4.78, 5) is 11.8. The number of aryl methyl sites for hydroxylation is 1. The Kier molecular flexibility index (Phi) is 4.84. The Labute approximate surface area is 121 Å². The summed E-state index contributed by atoms with van der Waals surface area (Å²) in [7, 11) is 0. The van der Waals surface area contributed by atoms with Crippen LogP contribution in [0.4, 0.5) is 16.3 Å². The number of anilines is 2. The molecule has 2 heterocycles. The number of nitrogen functional groups attached to an aromatic ring is 1. The van der Waals surface area contributed by atoms with E-state index >= 15 is 0 Å². The molecule has 0 saturated carbocycles. The third-order valence-electron chi connectivity index (χ3n) is 2.85. The lowest BCUT2D eigenvalue weighted by molar-refractivity contribution is 0.356. The fourth-order valence-corrected chi connectivity index (χ4v) is 2.47. The Morgan fingerprint density at radius 1 is 1.35 bits per heavy atom. The number of aromatic nitrogens is 3. The van der Waals surface area contributed by atoms with Gasteiger partial charge in [0, 0.05) is 6.04 Å². The number of nitrogens with zero attached hydrogens (tertiary/aromatic N) is 3. The molecule has 0 saturated heterocycles. The smallest absolute Gasteiger partial charge is 0.228 e. The molecular weight excluding hydrogens is 277 g/mol. The van der Waals surface area contributed by atoms with Gasteiger partial charge in [-0.15, -0.1) is 0 Å². The van der Waals surface area contributed by atoms with Crippen molar-refractivity contribution in [3.05, 3.63) is 28.2 Å². The summed E-state index contributed by atoms with van der Waals surface area (Å²) in [6.45, 7) is 3.41. The van der Waals surface area contributed by atoms with Crippen LogP contribution < -0.4 is 11.1 Å². The molecule has 0 bridgehead atoms. The Morgan fingerprint density at radius 3 is 2.80 bits per heavy atom. The van der Waals surface area contributed by atoms with Gasteiger partial charge in [-0.2, -0.15) is 26.3 Å². The lowest BCUT2D eigenvalue weighted by atomic mass is 10.1. The number of nitrogens with one attached hydrogen (secondary N) is 1. The molecule has 0 aliphatic rings. The summed E-state index contributed by atoms with van der Waals surface area (Å²) < 4.78 is 13.2. The molecule has 5 nitrogen and oxygen atoms in total. The molecule has 0 aliphatic carbocycles. The molecule has 2 aromatic heterocycles. The number of halogens is 1. The van der Waals surface area contributed by atoms with Crippen LogP contribution >= 0.6 is 11.3 Å². The van der Waals surface area contributed by atoms with Crippen molar-refractivity contribution in [3.8, 4) is 0 Å². The summed E-state index contributed by atoms with van der Waals surface area (Å²) in [6, 6.07) is 2.28. The monoisotopic (exact) mass is 295 g/mol. The van der Waals surface area contributed by atoms with Gasteiger partial charge in [0.05, 0.1) is 0 Å². The molecule has 0 spiro atoms. The van der Waals surface area contributed by atoms with Crippen molar-refractivity contribution in [2.45, 2.75) is 38.9 Å². The van der Waals surface area contributed by atoms with E-state index in [4.69, 9.17) is 5.73 Å². The van der Waals surface area contributed by atoms with Crippen molar-refractivity contribution in [1.29, 1.82) is 0 Å². The van der Waals surface area contributed by atoms with Gasteiger partial charge in [-0.3, -0.25) is 0 Å². The maximum Gasteiger partial charge on any atom is 0.228 e. The molecule has 3 N–H and O–H groups in total. The van der Waals surface area contributed by atoms with E-state index < -0.39 is 6.17 Å². The fraction of sp³-hybridized carbons (Fsp3) is 0.462. The Hall–Kier alpha value is -1.76. The van der Waals surface area contributed by atoms with E-state index in [0.29, 0.717) is 5.95 Å². The molecule has 0 fully saturated rings. The normalized spacial score (nSPS) is 13.9. The molecule has 7 heteroatoms. The predicted molar refractivity (Wildman–Crippen MR) is 79.5 cm³/mol. The molecule has 2 aromatic rings. The van der Waals surface area contributed by atoms with Crippen molar-refractivity contribution in [2.24, 2.45) is 0 Å². The third-order valence-corrected chi connectivity index (χ3v) is 3.58. The fourth-order valence-electron chi connectivity index (χ4n) is 1.76. The maximum absolute atomic E-state index is 13.2. The zero-order chi connectivity index (χ0) is 14.5. The first-order valence-electron chi connectivity index (χ1n) is 6.47. The summed E-state index contributed by atoms with van der Waals surface area (Å²) in [5, 5.41) is 7.33. The summed E-state index contributed by atoms with van der Waals surface area (Å²) in [6.07, 6.45) is 0.648. The van der Waals surface area contributed by atoms with Crippen LogP contribution in [0.3, 0.4) is 0 Å². The van der Waals surface area contributed by atoms with Crippen LogP contribution in [0.1, 0.15) is 37.8 Å². The van der Waals surface area contributed by atoms with Crippen molar-refractivity contribution in [1.82, 2.24) is 15.0 Å². The van der Waals surface area contributed by atoms with Crippen LogP contribution in [0.2, 0.25) is 0 Å². The van der Waals surface area contributed by atoms with Crippen molar-refractivity contribution in [3.63, 3.8) is 0 Å². The van der Waals surface area contributed by atoms with Gasteiger partial charge in [0.15, 0.2) is 12.0 Å². The second-order valence-corrected chi connectivity index (χ2v) is 5.49. The summed E-state index contributed by atoms with van der Waals surface area (Å²) >= 11 is 1.69. The SMILES string of the molecule is CC(CCc1ccsc1)Nc1nc(N)nc(C(C)F)n1. The van der Waals surface area contributed by atoms with Crippen LogP contribution in [0.25, 0.3) is 0 Å². The topological polar surface area (TPSA) is 76.7 Å². The molecule has 0 radical (unpaired) electrons. The van der Waals surface area contributed by atoms with Gasteiger partial charge in [-0.1, -0.05) is 0 Å². The van der Waals surface area contributed by atoms with E-state index in [1.807, 2.05) is 6.92 Å². The molecule has 0 aromatic carbocycles. The second-order valence-electron chi connectivity index (χ2n) is 4.71. The van der Waals surface area contributed by atoms with Gasteiger partial charge in [-0.05, 0) is 49.1 Å². The molecule has 20 heavy (non-hydrogen) atoms. The zero-order valence-corrected chi connectivity index (χ0v) is 12.3. The van der Waals surface area contributed by atoms with Gasteiger partial charge in [0.2, 0.25) is 11.9 Å². The highest BCUT2D eigenvalue weighted by molar-refractivity contribution is 7.07. The van der Waals surface area contributed by atoms with Crippen LogP contribution in [-0.2, 0) is 6.42 Å². The molecule has 108 valence electrons. The van der Waals surface area contributed by atoms with Gasteiger partial charge >= 0.3 is 0 Å². The van der Waals surface area contributed by atoms with E-state index in [1.165, 1.54) is 12.5 Å². The average Bonchev–Trinajstić information content (AvgIpc) is 2.88. The van der Waals surface area contributed by atoms with Crippen molar-refractivity contribution >= 4 is 23.2 Å². The van der Waals surface area contributed by atoms with E-state index in [2.05, 4.69) is 37.1 Å². The minimum absolute atomic E-state index is 0.0343. The Balaban J connectivity index is 1.95. The number of nitrogens with two attached hydrogens (primary N) is 1. The number of hydrogen-bond donors (Lipinski definition) is 2. The quantitative estimate of drug-likeness (QED) is 0.856. The molecule has 2 atom stereocenters. The van der Waals surface area contributed by atoms with E-state index in [0.717, 1.165) is 12.8 Å². The van der Waals surface area contributed by atoms with Gasteiger partial charge in [0.25, 0.3) is 0 Å². The first-order chi connectivity index (χ1) is 9.54. The van der Waals surface area contributed by atoms with Crippen LogP contribution in [0, 0.1) is 0 Å². The number of alkyl halides is 1. The maximum atomic E-state index is 13.2. The summed E-state index contributed by atoms with van der Waals surface area (Å²) in [5.41, 5.74) is 6.87. The van der Waals surface area contributed by atoms with Crippen LogP contribution in [-0.4, -0.2) is 21.0 Å². The highest BCUT2D eigenvalue weighted by atomic mass is 32.1. The Morgan fingerprint density at radius 2 is 2.15 bits per heavy atom. The minimum Gasteiger partial charge on any atom is -0.368 e. The lowest BCUT2D eigenvalue weighted by Crippen LogP contribution is -2.19. The van der Waals surface area contributed by atoms with E-state index in [9.17, 15) is 4.39 Å². The first kappa shape index (κ1) is 14.6. The van der Waals surface area contributed by atoms with Gasteiger partial charge < -0.3 is 11.1 Å². The zero-order valence-electron chi connectivity index (χ0n) is 11.5.